The lowest BCUT2D eigenvalue weighted by Gasteiger charge is -2.22. The molecule has 0 aromatic carbocycles. The molecule has 3 aliphatic rings. The average molecular weight is 197 g/mol. The van der Waals surface area contributed by atoms with E-state index in [-0.39, 0.29) is 0 Å². The monoisotopic (exact) mass is 197 g/mol. The Morgan fingerprint density at radius 1 is 1.08 bits per heavy atom. The van der Waals surface area contributed by atoms with Gasteiger partial charge in [-0.2, -0.15) is 11.8 Å². The van der Waals surface area contributed by atoms with E-state index in [1.165, 1.54) is 24.3 Å². The molecule has 0 aromatic heterocycles. The molecule has 74 valence electrons. The van der Waals surface area contributed by atoms with Crippen LogP contribution in [0.4, 0.5) is 0 Å². The Bertz CT molecular complexity index is 196. The van der Waals surface area contributed by atoms with Crippen LogP contribution in [-0.4, -0.2) is 23.6 Å². The smallest absolute Gasteiger partial charge is 0.0194 e. The summed E-state index contributed by atoms with van der Waals surface area (Å²) in [5.74, 6) is 5.88. The zero-order chi connectivity index (χ0) is 8.84. The van der Waals surface area contributed by atoms with Crippen molar-refractivity contribution in [3.63, 3.8) is 0 Å². The van der Waals surface area contributed by atoms with Crippen molar-refractivity contribution in [3.8, 4) is 0 Å². The molecule has 4 atom stereocenters. The van der Waals surface area contributed by atoms with Crippen LogP contribution in [-0.2, 0) is 0 Å². The SMILES string of the molecule is CC1CSCC1NC1CC2CC2C1. The Morgan fingerprint density at radius 3 is 2.46 bits per heavy atom. The van der Waals surface area contributed by atoms with Gasteiger partial charge in [-0.05, 0) is 42.8 Å². The highest BCUT2D eigenvalue weighted by molar-refractivity contribution is 7.99. The molecule has 0 amide bonds. The van der Waals surface area contributed by atoms with Crippen LogP contribution in [0.1, 0.15) is 26.2 Å². The van der Waals surface area contributed by atoms with Gasteiger partial charge >= 0.3 is 0 Å². The maximum absolute atomic E-state index is 3.87. The van der Waals surface area contributed by atoms with Crippen LogP contribution in [0.3, 0.4) is 0 Å². The first-order valence-electron chi connectivity index (χ1n) is 5.66. The molecule has 0 spiro atoms. The first-order valence-corrected chi connectivity index (χ1v) is 6.82. The van der Waals surface area contributed by atoms with Crippen LogP contribution < -0.4 is 5.32 Å². The van der Waals surface area contributed by atoms with E-state index in [0.29, 0.717) is 0 Å². The minimum absolute atomic E-state index is 0.826. The molecule has 1 heterocycles. The minimum atomic E-state index is 0.826. The Morgan fingerprint density at radius 2 is 1.85 bits per heavy atom. The first kappa shape index (κ1) is 8.60. The lowest BCUT2D eigenvalue weighted by atomic mass is 10.0. The molecule has 1 nitrogen and oxygen atoms in total. The summed E-state index contributed by atoms with van der Waals surface area (Å²) >= 11 is 2.12. The van der Waals surface area contributed by atoms with Crippen LogP contribution in [0.15, 0.2) is 0 Å². The number of hydrogen-bond donors (Lipinski definition) is 1. The van der Waals surface area contributed by atoms with Gasteiger partial charge in [0.1, 0.15) is 0 Å². The maximum atomic E-state index is 3.87. The van der Waals surface area contributed by atoms with Crippen molar-refractivity contribution < 1.29 is 0 Å². The Kier molecular flexibility index (Phi) is 2.09. The van der Waals surface area contributed by atoms with Crippen molar-refractivity contribution in [2.75, 3.05) is 11.5 Å². The summed E-state index contributed by atoms with van der Waals surface area (Å²) in [6, 6.07) is 1.71. The number of nitrogens with one attached hydrogen (secondary N) is 1. The largest absolute Gasteiger partial charge is 0.310 e. The molecule has 1 aliphatic heterocycles. The van der Waals surface area contributed by atoms with Gasteiger partial charge < -0.3 is 5.32 Å². The molecule has 0 radical (unpaired) electrons. The van der Waals surface area contributed by atoms with E-state index in [1.54, 1.807) is 6.42 Å². The first-order chi connectivity index (χ1) is 6.33. The van der Waals surface area contributed by atoms with Crippen molar-refractivity contribution in [2.24, 2.45) is 17.8 Å². The summed E-state index contributed by atoms with van der Waals surface area (Å²) in [5.41, 5.74) is 0. The van der Waals surface area contributed by atoms with E-state index < -0.39 is 0 Å². The van der Waals surface area contributed by atoms with E-state index in [9.17, 15) is 0 Å². The number of fused-ring (bicyclic) bond motifs is 1. The second-order valence-electron chi connectivity index (χ2n) is 5.21. The normalized spacial score (nSPS) is 53.8. The summed E-state index contributed by atoms with van der Waals surface area (Å²) in [5, 5.41) is 3.87. The van der Waals surface area contributed by atoms with Gasteiger partial charge in [-0.3, -0.25) is 0 Å². The second kappa shape index (κ2) is 3.16. The lowest BCUT2D eigenvalue weighted by molar-refractivity contribution is 0.376. The zero-order valence-corrected chi connectivity index (χ0v) is 9.15. The number of thioether (sulfide) groups is 1. The predicted octanol–water partition coefficient (Wildman–Crippen LogP) is 2.13. The van der Waals surface area contributed by atoms with Gasteiger partial charge in [-0.15, -0.1) is 0 Å². The third-order valence-corrected chi connectivity index (χ3v) is 5.41. The summed E-state index contributed by atoms with van der Waals surface area (Å²) in [6.07, 6.45) is 4.52. The quantitative estimate of drug-likeness (QED) is 0.728. The fourth-order valence-electron chi connectivity index (χ4n) is 3.03. The summed E-state index contributed by atoms with van der Waals surface area (Å²) in [6.45, 7) is 2.40. The standard InChI is InChI=1S/C11H19NS/c1-7-5-13-6-11(7)12-10-3-8-2-9(8)4-10/h7-12H,2-6H2,1H3. The maximum Gasteiger partial charge on any atom is 0.0194 e. The average Bonchev–Trinajstić information content (AvgIpc) is 2.55. The molecule has 2 saturated carbocycles. The zero-order valence-electron chi connectivity index (χ0n) is 8.33. The van der Waals surface area contributed by atoms with Crippen LogP contribution >= 0.6 is 11.8 Å². The Balaban J connectivity index is 1.51. The molecule has 4 unspecified atom stereocenters. The summed E-state index contributed by atoms with van der Waals surface area (Å²) in [4.78, 5) is 0. The van der Waals surface area contributed by atoms with Gasteiger partial charge in [-0.1, -0.05) is 6.92 Å². The highest BCUT2D eigenvalue weighted by Crippen LogP contribution is 2.51. The van der Waals surface area contributed by atoms with Crippen LogP contribution in [0, 0.1) is 17.8 Å². The highest BCUT2D eigenvalue weighted by atomic mass is 32.2. The molecular formula is C11H19NS. The lowest BCUT2D eigenvalue weighted by Crippen LogP contribution is -2.41. The molecule has 1 N–H and O–H groups in total. The van der Waals surface area contributed by atoms with Crippen molar-refractivity contribution >= 4 is 11.8 Å². The summed E-state index contributed by atoms with van der Waals surface area (Å²) < 4.78 is 0. The molecular weight excluding hydrogens is 178 g/mol. The summed E-state index contributed by atoms with van der Waals surface area (Å²) in [7, 11) is 0. The van der Waals surface area contributed by atoms with Gasteiger partial charge in [0.25, 0.3) is 0 Å². The fraction of sp³-hybridized carbons (Fsp3) is 1.00. The van der Waals surface area contributed by atoms with Crippen molar-refractivity contribution in [1.82, 2.24) is 5.32 Å². The van der Waals surface area contributed by atoms with Gasteiger partial charge in [0.05, 0.1) is 0 Å². The molecule has 2 heteroatoms. The minimum Gasteiger partial charge on any atom is -0.310 e. The van der Waals surface area contributed by atoms with E-state index in [0.717, 1.165) is 29.8 Å². The second-order valence-corrected chi connectivity index (χ2v) is 6.29. The highest BCUT2D eigenvalue weighted by Gasteiger charge is 2.46. The van der Waals surface area contributed by atoms with Crippen molar-refractivity contribution in [2.45, 2.75) is 38.3 Å². The van der Waals surface area contributed by atoms with Gasteiger partial charge in [0.15, 0.2) is 0 Å². The molecule has 2 aliphatic carbocycles. The Labute approximate surface area is 85.0 Å². The van der Waals surface area contributed by atoms with Gasteiger partial charge in [-0.25, -0.2) is 0 Å². The molecule has 13 heavy (non-hydrogen) atoms. The molecule has 3 fully saturated rings. The van der Waals surface area contributed by atoms with Crippen LogP contribution in [0.2, 0.25) is 0 Å². The van der Waals surface area contributed by atoms with Crippen LogP contribution in [0.5, 0.6) is 0 Å². The molecule has 0 bridgehead atoms. The van der Waals surface area contributed by atoms with Gasteiger partial charge in [0, 0.05) is 17.8 Å². The van der Waals surface area contributed by atoms with E-state index in [2.05, 4.69) is 24.0 Å². The molecule has 0 aromatic rings. The van der Waals surface area contributed by atoms with E-state index in [4.69, 9.17) is 0 Å². The van der Waals surface area contributed by atoms with Crippen molar-refractivity contribution in [3.05, 3.63) is 0 Å². The number of rotatable bonds is 2. The third-order valence-electron chi connectivity index (χ3n) is 4.06. The molecule has 3 rings (SSSR count). The van der Waals surface area contributed by atoms with Gasteiger partial charge in [0.2, 0.25) is 0 Å². The molecule has 1 saturated heterocycles. The van der Waals surface area contributed by atoms with Crippen LogP contribution in [0.25, 0.3) is 0 Å². The van der Waals surface area contributed by atoms with Crippen molar-refractivity contribution in [1.29, 1.82) is 0 Å². The van der Waals surface area contributed by atoms with E-state index in [1.807, 2.05) is 0 Å². The number of hydrogen-bond acceptors (Lipinski definition) is 2. The predicted molar refractivity (Wildman–Crippen MR) is 58.0 cm³/mol. The fourth-order valence-corrected chi connectivity index (χ4v) is 4.45. The van der Waals surface area contributed by atoms with E-state index >= 15 is 0 Å². The Hall–Kier alpha value is 0.310. The third kappa shape index (κ3) is 1.63. The topological polar surface area (TPSA) is 12.0 Å².